The Bertz CT molecular complexity index is 524. The number of nitrogens with zero attached hydrogens (tertiary/aromatic N) is 2. The molecule has 0 radical (unpaired) electrons. The number of benzene rings is 1. The van der Waals surface area contributed by atoms with E-state index in [-0.39, 0.29) is 5.91 Å². The van der Waals surface area contributed by atoms with Gasteiger partial charge in [-0.15, -0.1) is 0 Å². The molecule has 1 aromatic rings. The number of carbonyl (C=O) groups excluding carboxylic acids is 3. The lowest BCUT2D eigenvalue weighted by atomic mass is 9.93. The molecule has 1 heterocycles. The van der Waals surface area contributed by atoms with E-state index in [4.69, 9.17) is 0 Å². The maximum Gasteiger partial charge on any atom is 0.337 e. The van der Waals surface area contributed by atoms with E-state index in [1.807, 2.05) is 4.81 Å². The van der Waals surface area contributed by atoms with Crippen LogP contribution in [0.3, 0.4) is 0 Å². The fourth-order valence-electron chi connectivity index (χ4n) is 2.29. The van der Waals surface area contributed by atoms with E-state index in [1.54, 1.807) is 29.2 Å². The lowest BCUT2D eigenvalue weighted by Crippen LogP contribution is -2.50. The molecule has 0 unspecified atom stereocenters. The predicted octanol–water partition coefficient (Wildman–Crippen LogP) is -0.227. The number of methoxy groups -OCH3 is 1. The van der Waals surface area contributed by atoms with Gasteiger partial charge in [0.25, 0.3) is 13.3 Å². The number of esters is 1. The lowest BCUT2D eigenvalue weighted by Gasteiger charge is -2.33. The molecule has 1 aliphatic rings. The molecule has 0 spiro atoms. The van der Waals surface area contributed by atoms with Crippen LogP contribution in [0.15, 0.2) is 24.3 Å². The summed E-state index contributed by atoms with van der Waals surface area (Å²) in [4.78, 5) is 37.9. The van der Waals surface area contributed by atoms with Gasteiger partial charge in [0.1, 0.15) is 0 Å². The number of rotatable bonds is 4. The topological polar surface area (TPSA) is 66.9 Å². The second-order valence-electron chi connectivity index (χ2n) is 4.83. The van der Waals surface area contributed by atoms with Crippen molar-refractivity contribution in [2.75, 3.05) is 33.3 Å². The van der Waals surface area contributed by atoms with Crippen molar-refractivity contribution in [3.63, 3.8) is 0 Å². The molecule has 2 rings (SSSR count). The molecule has 110 valence electrons. The highest BCUT2D eigenvalue weighted by atomic mass is 16.5. The Morgan fingerprint density at radius 1 is 1.10 bits per heavy atom. The highest BCUT2D eigenvalue weighted by molar-refractivity contribution is 6.64. The second-order valence-corrected chi connectivity index (χ2v) is 4.83. The van der Waals surface area contributed by atoms with Gasteiger partial charge < -0.3 is 19.2 Å². The van der Waals surface area contributed by atoms with E-state index < -0.39 is 5.97 Å². The predicted molar refractivity (Wildman–Crippen MR) is 79.2 cm³/mol. The second kappa shape index (κ2) is 7.03. The first-order valence-corrected chi connectivity index (χ1v) is 6.79. The Hall–Kier alpha value is -2.15. The van der Waals surface area contributed by atoms with E-state index in [2.05, 4.69) is 4.74 Å². The number of hydrogen-bond acceptors (Lipinski definition) is 5. The third kappa shape index (κ3) is 3.69. The minimum absolute atomic E-state index is 0.0582. The van der Waals surface area contributed by atoms with Crippen molar-refractivity contribution in [1.29, 1.82) is 0 Å². The van der Waals surface area contributed by atoms with Crippen molar-refractivity contribution in [2.24, 2.45) is 0 Å². The molecule has 7 heteroatoms. The molecule has 0 aliphatic carbocycles. The van der Waals surface area contributed by atoms with Crippen LogP contribution in [0.5, 0.6) is 0 Å². The number of hydrogen-bond donors (Lipinski definition) is 0. The minimum atomic E-state index is -0.420. The lowest BCUT2D eigenvalue weighted by molar-refractivity contribution is 0.0599. The van der Waals surface area contributed by atoms with Gasteiger partial charge in [-0.1, -0.05) is 0 Å². The first kappa shape index (κ1) is 15.2. The summed E-state index contributed by atoms with van der Waals surface area (Å²) >= 11 is 0. The Morgan fingerprint density at radius 2 is 1.67 bits per heavy atom. The summed E-state index contributed by atoms with van der Waals surface area (Å²) in [7, 11) is 1.73. The normalized spacial score (nSPS) is 15.4. The van der Waals surface area contributed by atoms with Crippen molar-refractivity contribution < 1.29 is 19.1 Å². The van der Waals surface area contributed by atoms with Crippen molar-refractivity contribution in [3.05, 3.63) is 35.4 Å². The largest absolute Gasteiger partial charge is 0.465 e. The molecule has 0 N–H and O–H groups in total. The van der Waals surface area contributed by atoms with Crippen LogP contribution in [0.4, 0.5) is 0 Å². The molecule has 0 bridgehead atoms. The molecular weight excluding hydrogens is 271 g/mol. The number of amides is 1. The van der Waals surface area contributed by atoms with Gasteiger partial charge in [0.2, 0.25) is 0 Å². The van der Waals surface area contributed by atoms with E-state index in [9.17, 15) is 14.4 Å². The molecule has 1 amide bonds. The Labute approximate surface area is 123 Å². The summed E-state index contributed by atoms with van der Waals surface area (Å²) in [6.45, 7) is 2.60. The standard InChI is InChI=1S/C14H17BN2O4/c1-21-14(20)12-4-2-11(3-5-12)13(19)16-6-8-17(9-7-16)15-10-18/h2-5,10,15H,6-9H2,1H3. The van der Waals surface area contributed by atoms with Crippen LogP contribution in [-0.4, -0.2) is 68.5 Å². The Balaban J connectivity index is 1.97. The summed E-state index contributed by atoms with van der Waals surface area (Å²) in [6, 6.07) is 6.43. The summed E-state index contributed by atoms with van der Waals surface area (Å²) in [5, 5.41) is 0. The first-order chi connectivity index (χ1) is 10.2. The average molecular weight is 288 g/mol. The molecule has 0 atom stereocenters. The van der Waals surface area contributed by atoms with Gasteiger partial charge in [0.15, 0.2) is 0 Å². The zero-order chi connectivity index (χ0) is 15.2. The van der Waals surface area contributed by atoms with Gasteiger partial charge in [0, 0.05) is 31.7 Å². The highest BCUT2D eigenvalue weighted by Gasteiger charge is 2.22. The quantitative estimate of drug-likeness (QED) is 0.435. The van der Waals surface area contributed by atoms with Crippen LogP contribution in [0.1, 0.15) is 20.7 Å². The molecule has 1 aliphatic heterocycles. The molecule has 1 aromatic carbocycles. The number of piperazine rings is 1. The van der Waals surface area contributed by atoms with E-state index in [0.29, 0.717) is 44.7 Å². The van der Waals surface area contributed by atoms with Crippen LogP contribution >= 0.6 is 0 Å². The fraction of sp³-hybridized carbons (Fsp3) is 0.357. The maximum atomic E-state index is 12.3. The van der Waals surface area contributed by atoms with Crippen molar-refractivity contribution in [2.45, 2.75) is 0 Å². The highest BCUT2D eigenvalue weighted by Crippen LogP contribution is 2.10. The van der Waals surface area contributed by atoms with Crippen molar-refractivity contribution in [1.82, 2.24) is 9.71 Å². The monoisotopic (exact) mass is 288 g/mol. The van der Waals surface area contributed by atoms with Gasteiger partial charge in [-0.3, -0.25) is 4.79 Å². The maximum absolute atomic E-state index is 12.3. The summed E-state index contributed by atoms with van der Waals surface area (Å²) in [5.41, 5.74) is 0.969. The zero-order valence-electron chi connectivity index (χ0n) is 11.9. The van der Waals surface area contributed by atoms with Crippen molar-refractivity contribution in [3.8, 4) is 0 Å². The Morgan fingerprint density at radius 3 is 2.19 bits per heavy atom. The SMILES string of the molecule is COC(=O)c1ccc(C(=O)N2CCN(BC=O)CC2)cc1. The van der Waals surface area contributed by atoms with Crippen LogP contribution in [0.25, 0.3) is 0 Å². The fourth-order valence-corrected chi connectivity index (χ4v) is 2.29. The molecule has 0 saturated carbocycles. The van der Waals surface area contributed by atoms with Crippen LogP contribution in [0, 0.1) is 0 Å². The van der Waals surface area contributed by atoms with E-state index in [1.165, 1.54) is 7.11 Å². The van der Waals surface area contributed by atoms with Gasteiger partial charge in [0.05, 0.1) is 18.9 Å². The van der Waals surface area contributed by atoms with E-state index >= 15 is 0 Å². The molecule has 0 aromatic heterocycles. The molecule has 21 heavy (non-hydrogen) atoms. The summed E-state index contributed by atoms with van der Waals surface area (Å²) in [6.07, 6.45) is 0.878. The third-order valence-electron chi connectivity index (χ3n) is 3.55. The van der Waals surface area contributed by atoms with Gasteiger partial charge >= 0.3 is 5.97 Å². The van der Waals surface area contributed by atoms with Gasteiger partial charge in [-0.2, -0.15) is 0 Å². The van der Waals surface area contributed by atoms with Gasteiger partial charge in [-0.25, -0.2) is 4.79 Å². The average Bonchev–Trinajstić information content (AvgIpc) is 2.54. The smallest absolute Gasteiger partial charge is 0.337 e. The minimum Gasteiger partial charge on any atom is -0.465 e. The molecular formula is C14H17BN2O4. The summed E-state index contributed by atoms with van der Waals surface area (Å²) in [5.74, 6) is -0.478. The van der Waals surface area contributed by atoms with Crippen LogP contribution in [-0.2, 0) is 9.53 Å². The number of ether oxygens (including phenoxy) is 1. The first-order valence-electron chi connectivity index (χ1n) is 6.79. The summed E-state index contributed by atoms with van der Waals surface area (Å²) < 4.78 is 4.62. The van der Waals surface area contributed by atoms with E-state index in [0.717, 1.165) is 6.19 Å². The Kier molecular flexibility index (Phi) is 5.11. The van der Waals surface area contributed by atoms with Gasteiger partial charge in [-0.05, 0) is 24.3 Å². The molecule has 1 saturated heterocycles. The third-order valence-corrected chi connectivity index (χ3v) is 3.55. The molecule has 6 nitrogen and oxygen atoms in total. The zero-order valence-corrected chi connectivity index (χ0v) is 11.9. The van der Waals surface area contributed by atoms with Crippen LogP contribution in [0.2, 0.25) is 0 Å². The molecule has 1 fully saturated rings. The van der Waals surface area contributed by atoms with Crippen molar-refractivity contribution >= 4 is 25.5 Å². The number of carbonyl (C=O) groups is 3. The van der Waals surface area contributed by atoms with Crippen LogP contribution < -0.4 is 0 Å².